The molecule has 0 fully saturated rings. The van der Waals surface area contributed by atoms with Gasteiger partial charge in [0.25, 0.3) is 5.88 Å². The van der Waals surface area contributed by atoms with E-state index in [4.69, 9.17) is 9.26 Å². The first-order valence-corrected chi connectivity index (χ1v) is 3.80. The zero-order valence-corrected chi connectivity index (χ0v) is 7.84. The van der Waals surface area contributed by atoms with Gasteiger partial charge in [-0.15, -0.1) is 0 Å². The molecule has 0 spiro atoms. The molecule has 1 rings (SSSR count). The molecule has 1 aromatic rings. The van der Waals surface area contributed by atoms with E-state index < -0.39 is 0 Å². The molecule has 0 radical (unpaired) electrons. The van der Waals surface area contributed by atoms with E-state index in [2.05, 4.69) is 10.5 Å². The molecule has 12 heavy (non-hydrogen) atoms. The lowest BCUT2D eigenvalue weighted by molar-refractivity contribution is 0.275. The fraction of sp³-hybridized carbons (Fsp3) is 0.625. The summed E-state index contributed by atoms with van der Waals surface area (Å²) < 4.78 is 9.98. The van der Waals surface area contributed by atoms with Gasteiger partial charge in [-0.25, -0.2) is 0 Å². The standard InChI is InChI=1S/C8H14N2O2/c1-8(2,9-3)6-5-7(11-4)10-12-6/h5,9H,1-4H3. The van der Waals surface area contributed by atoms with Gasteiger partial charge in [-0.05, 0) is 26.1 Å². The third-order valence-electron chi connectivity index (χ3n) is 1.94. The van der Waals surface area contributed by atoms with Crippen molar-refractivity contribution < 1.29 is 9.26 Å². The van der Waals surface area contributed by atoms with Crippen molar-refractivity contribution in [1.82, 2.24) is 10.5 Å². The maximum absolute atomic E-state index is 5.07. The van der Waals surface area contributed by atoms with Crippen molar-refractivity contribution in [1.29, 1.82) is 0 Å². The lowest BCUT2D eigenvalue weighted by atomic mass is 10.0. The van der Waals surface area contributed by atoms with E-state index in [1.807, 2.05) is 20.9 Å². The van der Waals surface area contributed by atoms with Crippen LogP contribution in [-0.2, 0) is 5.54 Å². The van der Waals surface area contributed by atoms with Gasteiger partial charge in [0.2, 0.25) is 0 Å². The van der Waals surface area contributed by atoms with Gasteiger partial charge < -0.3 is 14.6 Å². The van der Waals surface area contributed by atoms with Crippen molar-refractivity contribution in [2.75, 3.05) is 14.2 Å². The summed E-state index contributed by atoms with van der Waals surface area (Å²) in [4.78, 5) is 0. The van der Waals surface area contributed by atoms with Crippen molar-refractivity contribution in [2.24, 2.45) is 0 Å². The normalized spacial score (nSPS) is 11.7. The topological polar surface area (TPSA) is 47.3 Å². The highest BCUT2D eigenvalue weighted by Gasteiger charge is 2.23. The van der Waals surface area contributed by atoms with Crippen LogP contribution in [0.4, 0.5) is 0 Å². The van der Waals surface area contributed by atoms with Gasteiger partial charge in [-0.3, -0.25) is 0 Å². The van der Waals surface area contributed by atoms with Gasteiger partial charge in [0.1, 0.15) is 0 Å². The third-order valence-corrected chi connectivity index (χ3v) is 1.94. The maximum Gasteiger partial charge on any atom is 0.254 e. The molecule has 0 aliphatic heterocycles. The highest BCUT2D eigenvalue weighted by Crippen LogP contribution is 2.22. The summed E-state index contributed by atoms with van der Waals surface area (Å²) in [5.41, 5.74) is -0.205. The van der Waals surface area contributed by atoms with Crippen molar-refractivity contribution in [3.05, 3.63) is 11.8 Å². The van der Waals surface area contributed by atoms with Crippen LogP contribution in [0, 0.1) is 0 Å². The number of hydrogen-bond acceptors (Lipinski definition) is 4. The molecule has 0 bridgehead atoms. The van der Waals surface area contributed by atoms with Crippen LogP contribution < -0.4 is 10.1 Å². The predicted molar refractivity (Wildman–Crippen MR) is 45.1 cm³/mol. The van der Waals surface area contributed by atoms with E-state index in [0.29, 0.717) is 5.88 Å². The molecule has 0 aromatic carbocycles. The number of rotatable bonds is 3. The molecule has 4 heteroatoms. The minimum atomic E-state index is -0.205. The summed E-state index contributed by atoms with van der Waals surface area (Å²) >= 11 is 0. The summed E-state index contributed by atoms with van der Waals surface area (Å²) in [7, 11) is 3.43. The van der Waals surface area contributed by atoms with Crippen LogP contribution in [0.2, 0.25) is 0 Å². The van der Waals surface area contributed by atoms with E-state index in [0.717, 1.165) is 5.76 Å². The van der Waals surface area contributed by atoms with E-state index in [-0.39, 0.29) is 5.54 Å². The molecule has 1 aromatic heterocycles. The average Bonchev–Trinajstić information content (AvgIpc) is 2.52. The molecule has 0 amide bonds. The maximum atomic E-state index is 5.07. The fourth-order valence-corrected chi connectivity index (χ4v) is 0.773. The number of ether oxygens (including phenoxy) is 1. The Bertz CT molecular complexity index is 255. The van der Waals surface area contributed by atoms with Gasteiger partial charge in [-0.1, -0.05) is 0 Å². The molecule has 4 nitrogen and oxygen atoms in total. The number of nitrogens with one attached hydrogen (secondary N) is 1. The first-order valence-electron chi connectivity index (χ1n) is 3.80. The zero-order chi connectivity index (χ0) is 9.19. The zero-order valence-electron chi connectivity index (χ0n) is 7.84. The van der Waals surface area contributed by atoms with Gasteiger partial charge in [-0.2, -0.15) is 0 Å². The van der Waals surface area contributed by atoms with Gasteiger partial charge in [0.05, 0.1) is 12.6 Å². The van der Waals surface area contributed by atoms with Crippen molar-refractivity contribution >= 4 is 0 Å². The summed E-state index contributed by atoms with van der Waals surface area (Å²) in [6, 6.07) is 1.77. The number of hydrogen-bond donors (Lipinski definition) is 1. The smallest absolute Gasteiger partial charge is 0.254 e. The number of nitrogens with zero attached hydrogens (tertiary/aromatic N) is 1. The van der Waals surface area contributed by atoms with Crippen LogP contribution in [0.15, 0.2) is 10.6 Å². The minimum absolute atomic E-state index is 0.205. The summed E-state index contributed by atoms with van der Waals surface area (Å²) in [6.45, 7) is 4.01. The van der Waals surface area contributed by atoms with Crippen LogP contribution >= 0.6 is 0 Å². The molecule has 68 valence electrons. The summed E-state index contributed by atoms with van der Waals surface area (Å²) in [5.74, 6) is 1.27. The Kier molecular flexibility index (Phi) is 2.38. The Hall–Kier alpha value is -1.03. The lowest BCUT2D eigenvalue weighted by Gasteiger charge is -2.19. The first kappa shape index (κ1) is 9.06. The molecule has 0 saturated carbocycles. The molecular weight excluding hydrogens is 156 g/mol. The third kappa shape index (κ3) is 1.58. The van der Waals surface area contributed by atoms with Crippen LogP contribution in [0.3, 0.4) is 0 Å². The number of aromatic nitrogens is 1. The lowest BCUT2D eigenvalue weighted by Crippen LogP contribution is -2.32. The largest absolute Gasteiger partial charge is 0.479 e. The van der Waals surface area contributed by atoms with E-state index in [1.165, 1.54) is 0 Å². The van der Waals surface area contributed by atoms with Gasteiger partial charge >= 0.3 is 0 Å². The highest BCUT2D eigenvalue weighted by atomic mass is 16.5. The quantitative estimate of drug-likeness (QED) is 0.738. The SMILES string of the molecule is CNC(C)(C)c1cc(OC)no1. The second-order valence-electron chi connectivity index (χ2n) is 3.11. The van der Waals surface area contributed by atoms with Crippen LogP contribution in [-0.4, -0.2) is 19.3 Å². The van der Waals surface area contributed by atoms with Gasteiger partial charge in [0.15, 0.2) is 5.76 Å². The van der Waals surface area contributed by atoms with E-state index >= 15 is 0 Å². The monoisotopic (exact) mass is 170 g/mol. The average molecular weight is 170 g/mol. The second kappa shape index (κ2) is 3.15. The molecular formula is C8H14N2O2. The van der Waals surface area contributed by atoms with Gasteiger partial charge in [0, 0.05) is 6.07 Å². The van der Waals surface area contributed by atoms with Crippen molar-refractivity contribution in [3.63, 3.8) is 0 Å². The summed E-state index contributed by atoms with van der Waals surface area (Å²) in [6.07, 6.45) is 0. The second-order valence-corrected chi connectivity index (χ2v) is 3.11. The molecule has 0 unspecified atom stereocenters. The van der Waals surface area contributed by atoms with Crippen LogP contribution in [0.25, 0.3) is 0 Å². The fourth-order valence-electron chi connectivity index (χ4n) is 0.773. The summed E-state index contributed by atoms with van der Waals surface area (Å²) in [5, 5.41) is 6.82. The Morgan fingerprint density at radius 1 is 1.58 bits per heavy atom. The molecule has 1 N–H and O–H groups in total. The molecule has 0 aliphatic rings. The molecule has 1 heterocycles. The van der Waals surface area contributed by atoms with Crippen molar-refractivity contribution in [3.8, 4) is 5.88 Å². The first-order chi connectivity index (χ1) is 5.60. The Morgan fingerprint density at radius 2 is 2.25 bits per heavy atom. The van der Waals surface area contributed by atoms with Crippen molar-refractivity contribution in [2.45, 2.75) is 19.4 Å². The molecule has 0 saturated heterocycles. The van der Waals surface area contributed by atoms with E-state index in [1.54, 1.807) is 13.2 Å². The molecule has 0 aliphatic carbocycles. The number of methoxy groups -OCH3 is 1. The van der Waals surface area contributed by atoms with Crippen LogP contribution in [0.1, 0.15) is 19.6 Å². The Labute approximate surface area is 71.9 Å². The van der Waals surface area contributed by atoms with E-state index in [9.17, 15) is 0 Å². The minimum Gasteiger partial charge on any atom is -0.479 e. The molecule has 0 atom stereocenters. The Morgan fingerprint density at radius 3 is 2.67 bits per heavy atom. The van der Waals surface area contributed by atoms with Crippen LogP contribution in [0.5, 0.6) is 5.88 Å². The Balaban J connectivity index is 2.88. The highest BCUT2D eigenvalue weighted by molar-refractivity contribution is 5.16. The predicted octanol–water partition coefficient (Wildman–Crippen LogP) is 1.14.